The first kappa shape index (κ1) is 23.7. The Kier molecular flexibility index (Phi) is 5.83. The average Bonchev–Trinajstić information content (AvgIpc) is 3.57. The summed E-state index contributed by atoms with van der Waals surface area (Å²) in [6.07, 6.45) is 3.04. The first-order valence-corrected chi connectivity index (χ1v) is 13.5. The van der Waals surface area contributed by atoms with Crippen LogP contribution in [0.25, 0.3) is 16.6 Å². The molecule has 0 unspecified atom stereocenters. The van der Waals surface area contributed by atoms with Gasteiger partial charge in [-0.15, -0.1) is 0 Å². The third-order valence-corrected chi connectivity index (χ3v) is 7.89. The number of fused-ring (bicyclic) bond motifs is 1. The first-order valence-electron chi connectivity index (χ1n) is 11.7. The number of halogens is 1. The van der Waals surface area contributed by atoms with Gasteiger partial charge in [-0.05, 0) is 55.5 Å². The number of rotatable bonds is 8. The van der Waals surface area contributed by atoms with Gasteiger partial charge in [0.05, 0.1) is 36.4 Å². The van der Waals surface area contributed by atoms with Crippen molar-refractivity contribution in [1.82, 2.24) is 15.1 Å². The normalized spacial score (nSPS) is 17.3. The zero-order valence-electron chi connectivity index (χ0n) is 20.0. The molecule has 1 aromatic heterocycles. The van der Waals surface area contributed by atoms with E-state index in [-0.39, 0.29) is 38.0 Å². The highest BCUT2D eigenvalue weighted by atomic mass is 32.2. The van der Waals surface area contributed by atoms with E-state index < -0.39 is 15.7 Å². The third-order valence-electron chi connectivity index (χ3n) is 6.71. The maximum absolute atomic E-state index is 14.7. The van der Waals surface area contributed by atoms with Gasteiger partial charge in [-0.25, -0.2) is 17.5 Å². The van der Waals surface area contributed by atoms with Gasteiger partial charge in [-0.2, -0.15) is 5.10 Å². The molecule has 0 bridgehead atoms. The molecule has 1 amide bonds. The maximum atomic E-state index is 14.7. The largest absolute Gasteiger partial charge is 0.375 e. The van der Waals surface area contributed by atoms with E-state index in [2.05, 4.69) is 5.32 Å². The lowest BCUT2D eigenvalue weighted by Gasteiger charge is -2.35. The molecule has 2 aliphatic rings. The molecule has 1 saturated carbocycles. The molecular formula is C25H29FN4O4S. The lowest BCUT2D eigenvalue weighted by Crippen LogP contribution is -2.48. The fraction of sp³-hybridized carbons (Fsp3) is 0.440. The number of benzene rings is 2. The lowest BCUT2D eigenvalue weighted by molar-refractivity contribution is -0.131. The summed E-state index contributed by atoms with van der Waals surface area (Å²) in [4.78, 5) is 12.9. The fourth-order valence-electron chi connectivity index (χ4n) is 4.52. The van der Waals surface area contributed by atoms with E-state index in [1.165, 1.54) is 4.31 Å². The topological polar surface area (TPSA) is 93.5 Å². The molecule has 35 heavy (non-hydrogen) atoms. The summed E-state index contributed by atoms with van der Waals surface area (Å²) >= 11 is 0. The number of hydrogen-bond donors (Lipinski definition) is 1. The van der Waals surface area contributed by atoms with Gasteiger partial charge in [-0.3, -0.25) is 9.10 Å². The van der Waals surface area contributed by atoms with E-state index in [1.54, 1.807) is 17.8 Å². The minimum Gasteiger partial charge on any atom is -0.375 e. The van der Waals surface area contributed by atoms with Crippen molar-refractivity contribution in [2.24, 2.45) is 0 Å². The summed E-state index contributed by atoms with van der Waals surface area (Å²) in [5.41, 5.74) is 2.53. The van der Waals surface area contributed by atoms with Crippen LogP contribution in [0.5, 0.6) is 0 Å². The van der Waals surface area contributed by atoms with Crippen molar-refractivity contribution < 1.29 is 22.3 Å². The SMILES string of the molecule is CNC(=O)c1c2cc(C3CC3)c(N(CCC3(F)COC3)S(C)(=O)=O)cc2nn1-c1ccc(C)cc1. The van der Waals surface area contributed by atoms with Crippen LogP contribution < -0.4 is 9.62 Å². The molecule has 1 saturated heterocycles. The van der Waals surface area contributed by atoms with Crippen LogP contribution in [0.1, 0.15) is 46.8 Å². The Morgan fingerprint density at radius 2 is 1.94 bits per heavy atom. The van der Waals surface area contributed by atoms with E-state index in [4.69, 9.17) is 9.84 Å². The molecule has 1 aliphatic heterocycles. The van der Waals surface area contributed by atoms with Crippen molar-refractivity contribution in [1.29, 1.82) is 0 Å². The van der Waals surface area contributed by atoms with Gasteiger partial charge in [0.1, 0.15) is 5.69 Å². The van der Waals surface area contributed by atoms with Crippen molar-refractivity contribution >= 4 is 32.5 Å². The van der Waals surface area contributed by atoms with E-state index in [9.17, 15) is 17.6 Å². The maximum Gasteiger partial charge on any atom is 0.270 e. The summed E-state index contributed by atoms with van der Waals surface area (Å²) in [7, 11) is -2.12. The van der Waals surface area contributed by atoms with Crippen LogP contribution in [-0.2, 0) is 14.8 Å². The standard InChI is InChI=1S/C25H29FN4O4S/c1-16-4-8-18(9-5-16)30-23(24(31)27-2)20-12-19(17-6-7-17)22(13-21(20)28-30)29(35(3,32)33)11-10-25(26)14-34-15-25/h4-5,8-9,12-13,17H,6-7,10-11,14-15H2,1-3H3,(H,27,31). The highest BCUT2D eigenvalue weighted by Gasteiger charge is 2.40. The van der Waals surface area contributed by atoms with Crippen LogP contribution in [0, 0.1) is 6.92 Å². The van der Waals surface area contributed by atoms with Crippen molar-refractivity contribution in [3.63, 3.8) is 0 Å². The first-order chi connectivity index (χ1) is 16.6. The molecule has 0 atom stereocenters. The Hall–Kier alpha value is -2.98. The summed E-state index contributed by atoms with van der Waals surface area (Å²) in [6.45, 7) is 1.95. The summed E-state index contributed by atoms with van der Waals surface area (Å²) < 4.78 is 48.3. The van der Waals surface area contributed by atoms with Crippen molar-refractivity contribution in [2.75, 3.05) is 37.4 Å². The van der Waals surface area contributed by atoms with Gasteiger partial charge < -0.3 is 10.1 Å². The van der Waals surface area contributed by atoms with E-state index in [1.807, 2.05) is 37.3 Å². The number of aromatic nitrogens is 2. The monoisotopic (exact) mass is 500 g/mol. The van der Waals surface area contributed by atoms with E-state index in [0.29, 0.717) is 22.3 Å². The Morgan fingerprint density at radius 3 is 2.49 bits per heavy atom. The van der Waals surface area contributed by atoms with Gasteiger partial charge in [0.2, 0.25) is 10.0 Å². The molecule has 2 aromatic carbocycles. The lowest BCUT2D eigenvalue weighted by atomic mass is 9.99. The minimum atomic E-state index is -3.69. The highest BCUT2D eigenvalue weighted by Crippen LogP contribution is 2.47. The number of ether oxygens (including phenoxy) is 1. The number of amides is 1. The van der Waals surface area contributed by atoms with Crippen LogP contribution in [0.3, 0.4) is 0 Å². The Bertz CT molecular complexity index is 1390. The molecule has 1 N–H and O–H groups in total. The summed E-state index contributed by atoms with van der Waals surface area (Å²) in [5.74, 6) is -0.0998. The number of sulfonamides is 1. The molecule has 1 aliphatic carbocycles. The molecule has 186 valence electrons. The zero-order chi connectivity index (χ0) is 25.0. The van der Waals surface area contributed by atoms with E-state index in [0.717, 1.165) is 35.9 Å². The van der Waals surface area contributed by atoms with Crippen LogP contribution >= 0.6 is 0 Å². The number of hydrogen-bond acceptors (Lipinski definition) is 5. The quantitative estimate of drug-likeness (QED) is 0.511. The van der Waals surface area contributed by atoms with Crippen LogP contribution in [-0.4, -0.2) is 62.8 Å². The summed E-state index contributed by atoms with van der Waals surface area (Å²) in [6, 6.07) is 11.3. The Balaban J connectivity index is 1.67. The third kappa shape index (κ3) is 4.52. The summed E-state index contributed by atoms with van der Waals surface area (Å²) in [5, 5.41) is 8.05. The van der Waals surface area contributed by atoms with Gasteiger partial charge in [0.15, 0.2) is 5.67 Å². The molecule has 10 heteroatoms. The van der Waals surface area contributed by atoms with Crippen molar-refractivity contribution in [3.8, 4) is 5.69 Å². The number of anilines is 1. The zero-order valence-corrected chi connectivity index (χ0v) is 20.9. The van der Waals surface area contributed by atoms with Gasteiger partial charge in [-0.1, -0.05) is 17.7 Å². The number of carbonyl (C=O) groups is 1. The van der Waals surface area contributed by atoms with Crippen LogP contribution in [0.2, 0.25) is 0 Å². The van der Waals surface area contributed by atoms with Crippen molar-refractivity contribution in [2.45, 2.75) is 37.8 Å². The number of carbonyl (C=O) groups excluding carboxylic acids is 1. The average molecular weight is 501 g/mol. The van der Waals surface area contributed by atoms with E-state index >= 15 is 0 Å². The second-order valence-electron chi connectivity index (χ2n) is 9.61. The molecule has 3 aromatic rings. The van der Waals surface area contributed by atoms with Crippen LogP contribution in [0.15, 0.2) is 36.4 Å². The number of nitrogens with zero attached hydrogens (tertiary/aromatic N) is 3. The predicted molar refractivity (Wildman–Crippen MR) is 133 cm³/mol. The number of aryl methyl sites for hydroxylation is 1. The van der Waals surface area contributed by atoms with Crippen molar-refractivity contribution in [3.05, 3.63) is 53.2 Å². The molecule has 2 fully saturated rings. The van der Waals surface area contributed by atoms with Gasteiger partial charge >= 0.3 is 0 Å². The number of nitrogens with one attached hydrogen (secondary N) is 1. The molecule has 8 nitrogen and oxygen atoms in total. The van der Waals surface area contributed by atoms with Gasteiger partial charge in [0, 0.05) is 25.4 Å². The second kappa shape index (κ2) is 8.60. The highest BCUT2D eigenvalue weighted by molar-refractivity contribution is 7.92. The minimum absolute atomic E-state index is 0.00486. The Labute approximate surface area is 204 Å². The fourth-order valence-corrected chi connectivity index (χ4v) is 5.46. The number of alkyl halides is 1. The molecular weight excluding hydrogens is 471 g/mol. The Morgan fingerprint density at radius 1 is 1.26 bits per heavy atom. The smallest absolute Gasteiger partial charge is 0.270 e. The predicted octanol–water partition coefficient (Wildman–Crippen LogP) is 3.47. The molecule has 0 spiro atoms. The van der Waals surface area contributed by atoms with Gasteiger partial charge in [0.25, 0.3) is 5.91 Å². The molecule has 5 rings (SSSR count). The van der Waals surface area contributed by atoms with Crippen LogP contribution in [0.4, 0.5) is 10.1 Å². The molecule has 0 radical (unpaired) electrons. The molecule has 2 heterocycles. The second-order valence-corrected chi connectivity index (χ2v) is 11.5.